The maximum atomic E-state index is 12.6. The summed E-state index contributed by atoms with van der Waals surface area (Å²) in [5, 5.41) is 11.5. The Morgan fingerprint density at radius 3 is 2.70 bits per heavy atom. The molecule has 164 valence electrons. The van der Waals surface area contributed by atoms with E-state index in [2.05, 4.69) is 4.99 Å². The number of fused-ring (bicyclic) bond motifs is 2. The molecule has 9 heteroatoms. The van der Waals surface area contributed by atoms with Crippen molar-refractivity contribution in [3.63, 3.8) is 0 Å². The van der Waals surface area contributed by atoms with Crippen molar-refractivity contribution in [2.45, 2.75) is 69.4 Å². The first kappa shape index (κ1) is 21.6. The van der Waals surface area contributed by atoms with Gasteiger partial charge in [0.1, 0.15) is 35.4 Å². The SMILES string of the molecule is CCN(C(=O)OC(C)(C)C)C1=N[C@@H]2[C@@H](O)[C@@H]3OC(c4ccccc4)OC[C@H]3O[C@@H]2S1. The summed E-state index contributed by atoms with van der Waals surface area (Å²) in [6.07, 6.45) is -2.87. The number of amides is 1. The Morgan fingerprint density at radius 1 is 1.30 bits per heavy atom. The quantitative estimate of drug-likeness (QED) is 0.762. The third-order valence-corrected chi connectivity index (χ3v) is 6.21. The topological polar surface area (TPSA) is 89.8 Å². The average molecular weight is 437 g/mol. The summed E-state index contributed by atoms with van der Waals surface area (Å²) in [5.41, 5.74) is -0.130. The van der Waals surface area contributed by atoms with E-state index in [0.29, 0.717) is 18.3 Å². The molecule has 8 nitrogen and oxygen atoms in total. The predicted octanol–water partition coefficient (Wildman–Crippen LogP) is 2.91. The molecule has 2 saturated heterocycles. The number of thioether (sulfide) groups is 1. The summed E-state index contributed by atoms with van der Waals surface area (Å²) in [7, 11) is 0. The van der Waals surface area contributed by atoms with Crippen LogP contribution in [-0.2, 0) is 18.9 Å². The van der Waals surface area contributed by atoms with E-state index in [-0.39, 0.29) is 0 Å². The normalized spacial score (nSPS) is 33.3. The second kappa shape index (κ2) is 8.47. The van der Waals surface area contributed by atoms with Gasteiger partial charge in [0.2, 0.25) is 0 Å². The van der Waals surface area contributed by atoms with Crippen molar-refractivity contribution >= 4 is 23.0 Å². The molecule has 3 aliphatic rings. The molecule has 3 aliphatic heterocycles. The third-order valence-electron chi connectivity index (χ3n) is 5.05. The molecule has 30 heavy (non-hydrogen) atoms. The molecule has 2 fully saturated rings. The Morgan fingerprint density at radius 2 is 2.03 bits per heavy atom. The number of carbonyl (C=O) groups excluding carboxylic acids is 1. The number of nitrogens with zero attached hydrogens (tertiary/aromatic N) is 2. The Bertz CT molecular complexity index is 798. The highest BCUT2D eigenvalue weighted by atomic mass is 32.2. The van der Waals surface area contributed by atoms with Crippen LogP contribution in [0.25, 0.3) is 0 Å². The van der Waals surface area contributed by atoms with E-state index >= 15 is 0 Å². The zero-order valence-electron chi connectivity index (χ0n) is 17.6. The molecular formula is C21H28N2O6S. The van der Waals surface area contributed by atoms with Crippen LogP contribution in [-0.4, -0.2) is 69.8 Å². The van der Waals surface area contributed by atoms with Gasteiger partial charge in [-0.3, -0.25) is 9.89 Å². The first-order valence-corrected chi connectivity index (χ1v) is 11.1. The van der Waals surface area contributed by atoms with Gasteiger partial charge >= 0.3 is 6.09 Å². The molecule has 6 atom stereocenters. The minimum atomic E-state index is -0.869. The van der Waals surface area contributed by atoms with E-state index in [4.69, 9.17) is 18.9 Å². The molecule has 0 radical (unpaired) electrons. The van der Waals surface area contributed by atoms with Gasteiger partial charge in [-0.2, -0.15) is 0 Å². The maximum absolute atomic E-state index is 12.6. The Kier molecular flexibility index (Phi) is 6.09. The smallest absolute Gasteiger partial charge is 0.416 e. The van der Waals surface area contributed by atoms with Crippen LogP contribution >= 0.6 is 11.8 Å². The zero-order valence-corrected chi connectivity index (χ0v) is 18.4. The van der Waals surface area contributed by atoms with Crippen molar-refractivity contribution < 1.29 is 28.8 Å². The third kappa shape index (κ3) is 4.36. The number of aliphatic hydroxyl groups excluding tert-OH is 1. The van der Waals surface area contributed by atoms with Crippen LogP contribution in [0.15, 0.2) is 35.3 Å². The molecule has 1 amide bonds. The highest BCUT2D eigenvalue weighted by molar-refractivity contribution is 8.14. The predicted molar refractivity (Wildman–Crippen MR) is 112 cm³/mol. The highest BCUT2D eigenvalue weighted by Gasteiger charge is 2.52. The fourth-order valence-electron chi connectivity index (χ4n) is 3.65. The minimum absolute atomic E-state index is 0.309. The van der Waals surface area contributed by atoms with Crippen LogP contribution < -0.4 is 0 Å². The number of rotatable bonds is 2. The molecular weight excluding hydrogens is 408 g/mol. The van der Waals surface area contributed by atoms with Crippen LogP contribution in [0.2, 0.25) is 0 Å². The summed E-state index contributed by atoms with van der Waals surface area (Å²) in [6.45, 7) is 8.02. The van der Waals surface area contributed by atoms with E-state index in [1.165, 1.54) is 16.7 Å². The number of aliphatic imine (C=N–C) groups is 1. The summed E-state index contributed by atoms with van der Waals surface area (Å²) in [4.78, 5) is 18.7. The van der Waals surface area contributed by atoms with Crippen LogP contribution in [0.3, 0.4) is 0 Å². The molecule has 0 aromatic heterocycles. The van der Waals surface area contributed by atoms with Gasteiger partial charge in [-0.15, -0.1) is 0 Å². The van der Waals surface area contributed by atoms with E-state index < -0.39 is 47.8 Å². The second-order valence-corrected chi connectivity index (χ2v) is 9.52. The summed E-state index contributed by atoms with van der Waals surface area (Å²) < 4.78 is 23.5. The van der Waals surface area contributed by atoms with Gasteiger partial charge in [-0.05, 0) is 27.7 Å². The standard InChI is InChI=1S/C21H28N2O6S/c1-5-23(20(25)29-21(2,3)4)19-22-14-15(24)16-13(27-18(14)30-19)11-26-17(28-16)12-9-7-6-8-10-12/h6-10,13-18,24H,5,11H2,1-4H3/t13-,14-,15-,16-,17?,18-/m1/s1. The van der Waals surface area contributed by atoms with Crippen LogP contribution in [0, 0.1) is 0 Å². The molecule has 4 rings (SSSR count). The lowest BCUT2D eigenvalue weighted by molar-refractivity contribution is -0.304. The first-order chi connectivity index (χ1) is 14.3. The van der Waals surface area contributed by atoms with E-state index in [9.17, 15) is 9.90 Å². The first-order valence-electron chi connectivity index (χ1n) is 10.2. The Labute approximate surface area is 180 Å². The van der Waals surface area contributed by atoms with Crippen molar-refractivity contribution in [2.24, 2.45) is 4.99 Å². The van der Waals surface area contributed by atoms with E-state index in [1.807, 2.05) is 58.0 Å². The van der Waals surface area contributed by atoms with Gasteiger partial charge in [0.25, 0.3) is 0 Å². The molecule has 0 bridgehead atoms. The highest BCUT2D eigenvalue weighted by Crippen LogP contribution is 2.41. The van der Waals surface area contributed by atoms with Crippen LogP contribution in [0.5, 0.6) is 0 Å². The van der Waals surface area contributed by atoms with E-state index in [1.54, 1.807) is 0 Å². The van der Waals surface area contributed by atoms with Gasteiger partial charge in [-0.25, -0.2) is 4.79 Å². The molecule has 0 saturated carbocycles. The molecule has 0 spiro atoms. The molecule has 1 aromatic carbocycles. The Hall–Kier alpha value is -1.65. The fraction of sp³-hybridized carbons (Fsp3) is 0.619. The van der Waals surface area contributed by atoms with Crippen LogP contribution in [0.4, 0.5) is 4.79 Å². The molecule has 1 N–H and O–H groups in total. The monoisotopic (exact) mass is 436 g/mol. The lowest BCUT2D eigenvalue weighted by Gasteiger charge is -2.45. The second-order valence-electron chi connectivity index (χ2n) is 8.45. The average Bonchev–Trinajstić information content (AvgIpc) is 3.11. The minimum Gasteiger partial charge on any atom is -0.443 e. The summed E-state index contributed by atoms with van der Waals surface area (Å²) in [5.74, 6) is 0. The van der Waals surface area contributed by atoms with Gasteiger partial charge in [-0.1, -0.05) is 42.1 Å². The summed E-state index contributed by atoms with van der Waals surface area (Å²) in [6, 6.07) is 9.07. The number of benzene rings is 1. The van der Waals surface area contributed by atoms with E-state index in [0.717, 1.165) is 5.56 Å². The number of ether oxygens (including phenoxy) is 4. The van der Waals surface area contributed by atoms with Crippen molar-refractivity contribution in [1.29, 1.82) is 0 Å². The zero-order chi connectivity index (χ0) is 21.5. The number of hydrogen-bond donors (Lipinski definition) is 1. The molecule has 0 aliphatic carbocycles. The fourth-order valence-corrected chi connectivity index (χ4v) is 4.93. The van der Waals surface area contributed by atoms with Gasteiger partial charge < -0.3 is 24.1 Å². The largest absolute Gasteiger partial charge is 0.443 e. The van der Waals surface area contributed by atoms with Gasteiger partial charge in [0.15, 0.2) is 11.5 Å². The van der Waals surface area contributed by atoms with Crippen molar-refractivity contribution in [1.82, 2.24) is 4.90 Å². The molecule has 1 aromatic rings. The lowest BCUT2D eigenvalue weighted by Crippen LogP contribution is -2.59. The van der Waals surface area contributed by atoms with Crippen molar-refractivity contribution in [3.05, 3.63) is 35.9 Å². The number of amidine groups is 1. The lowest BCUT2D eigenvalue weighted by atomic mass is 9.97. The number of hydrogen-bond acceptors (Lipinski definition) is 8. The van der Waals surface area contributed by atoms with Crippen LogP contribution in [0.1, 0.15) is 39.5 Å². The molecule has 3 heterocycles. The van der Waals surface area contributed by atoms with Crippen molar-refractivity contribution in [3.8, 4) is 0 Å². The number of carbonyl (C=O) groups is 1. The Balaban J connectivity index is 1.48. The maximum Gasteiger partial charge on any atom is 0.416 e. The molecule has 1 unspecified atom stereocenters. The van der Waals surface area contributed by atoms with Gasteiger partial charge in [0, 0.05) is 12.1 Å². The number of aliphatic hydroxyl groups is 1. The van der Waals surface area contributed by atoms with Gasteiger partial charge in [0.05, 0.1) is 6.61 Å². The van der Waals surface area contributed by atoms with Crippen molar-refractivity contribution in [2.75, 3.05) is 13.2 Å². The summed E-state index contributed by atoms with van der Waals surface area (Å²) >= 11 is 1.32.